The van der Waals surface area contributed by atoms with Gasteiger partial charge in [0, 0.05) is 25.2 Å². The van der Waals surface area contributed by atoms with Gasteiger partial charge in [0.25, 0.3) is 0 Å². The number of hydrogen-bond donors (Lipinski definition) is 0. The zero-order chi connectivity index (χ0) is 14.9. The highest BCUT2D eigenvalue weighted by molar-refractivity contribution is 9.10. The van der Waals surface area contributed by atoms with Gasteiger partial charge >= 0.3 is 0 Å². The molecule has 3 fully saturated rings. The first-order valence-electron chi connectivity index (χ1n) is 9.03. The fourth-order valence-corrected chi connectivity index (χ4v) is 5.42. The van der Waals surface area contributed by atoms with Gasteiger partial charge in [-0.3, -0.25) is 9.80 Å². The number of piperazine rings is 1. The minimum absolute atomic E-state index is 0.750. The Kier molecular flexibility index (Phi) is 4.61. The maximum Gasteiger partial charge on any atom is 0.169 e. The lowest BCUT2D eigenvalue weighted by molar-refractivity contribution is -0.00717. The third kappa shape index (κ3) is 3.02. The summed E-state index contributed by atoms with van der Waals surface area (Å²) in [6, 6.07) is 5.70. The Morgan fingerprint density at radius 1 is 1.00 bits per heavy atom. The fraction of sp³-hybridized carbons (Fsp3) is 0.778. The summed E-state index contributed by atoms with van der Waals surface area (Å²) in [6.45, 7) is 4.76. The number of halogens is 1. The quantitative estimate of drug-likeness (QED) is 0.796. The molecule has 0 N–H and O–H groups in total. The van der Waals surface area contributed by atoms with Crippen LogP contribution in [0.25, 0.3) is 0 Å². The predicted octanol–water partition coefficient (Wildman–Crippen LogP) is 4.27. The highest BCUT2D eigenvalue weighted by atomic mass is 79.9. The van der Waals surface area contributed by atoms with Gasteiger partial charge in [0.2, 0.25) is 0 Å². The summed E-state index contributed by atoms with van der Waals surface area (Å²) >= 11 is 3.44. The number of nitrogens with zero attached hydrogens (tertiary/aromatic N) is 2. The van der Waals surface area contributed by atoms with Gasteiger partial charge in [0.1, 0.15) is 5.76 Å². The van der Waals surface area contributed by atoms with Gasteiger partial charge in [-0.25, -0.2) is 0 Å². The molecule has 3 nitrogen and oxygen atoms in total. The summed E-state index contributed by atoms with van der Waals surface area (Å²) in [5.41, 5.74) is 0. The third-order valence-electron chi connectivity index (χ3n) is 6.03. The lowest BCUT2D eigenvalue weighted by Gasteiger charge is -2.49. The largest absolute Gasteiger partial charge is 0.453 e. The van der Waals surface area contributed by atoms with Crippen LogP contribution in [0.1, 0.15) is 50.7 Å². The van der Waals surface area contributed by atoms with E-state index in [-0.39, 0.29) is 0 Å². The van der Waals surface area contributed by atoms with Crippen LogP contribution in [0.5, 0.6) is 0 Å². The van der Waals surface area contributed by atoms with Gasteiger partial charge in [-0.1, -0.05) is 19.3 Å². The molecular formula is C18H27BrN2O. The van der Waals surface area contributed by atoms with E-state index in [1.54, 1.807) is 0 Å². The fourth-order valence-electron chi connectivity index (χ4n) is 5.07. The maximum atomic E-state index is 5.79. The van der Waals surface area contributed by atoms with Crippen molar-refractivity contribution in [2.45, 2.75) is 63.6 Å². The average molecular weight is 367 g/mol. The van der Waals surface area contributed by atoms with E-state index in [1.165, 1.54) is 64.6 Å². The summed E-state index contributed by atoms with van der Waals surface area (Å²) in [7, 11) is 0. The summed E-state index contributed by atoms with van der Waals surface area (Å²) in [5, 5.41) is 0. The maximum absolute atomic E-state index is 5.79. The number of hydrogen-bond acceptors (Lipinski definition) is 3. The van der Waals surface area contributed by atoms with Gasteiger partial charge in [0.05, 0.1) is 6.54 Å². The first-order chi connectivity index (χ1) is 10.8. The van der Waals surface area contributed by atoms with Gasteiger partial charge in [-0.05, 0) is 66.2 Å². The van der Waals surface area contributed by atoms with E-state index < -0.39 is 0 Å². The highest BCUT2D eigenvalue weighted by Gasteiger charge is 2.43. The Labute approximate surface area is 142 Å². The Morgan fingerprint density at radius 3 is 2.64 bits per heavy atom. The van der Waals surface area contributed by atoms with Gasteiger partial charge in [-0.2, -0.15) is 0 Å². The van der Waals surface area contributed by atoms with Crippen LogP contribution in [0.4, 0.5) is 0 Å². The molecule has 0 radical (unpaired) electrons. The topological polar surface area (TPSA) is 19.6 Å². The summed E-state index contributed by atoms with van der Waals surface area (Å²) in [5.74, 6) is 2.01. The molecule has 2 saturated heterocycles. The van der Waals surface area contributed by atoms with Crippen LogP contribution >= 0.6 is 15.9 Å². The zero-order valence-corrected chi connectivity index (χ0v) is 14.9. The number of furan rings is 1. The summed E-state index contributed by atoms with van der Waals surface area (Å²) in [6.07, 6.45) is 10.00. The Balaban J connectivity index is 1.54. The molecular weight excluding hydrogens is 340 g/mol. The predicted molar refractivity (Wildman–Crippen MR) is 91.8 cm³/mol. The first kappa shape index (κ1) is 15.2. The lowest BCUT2D eigenvalue weighted by atomic mass is 9.78. The van der Waals surface area contributed by atoms with E-state index in [9.17, 15) is 0 Å². The molecule has 1 aromatic heterocycles. The van der Waals surface area contributed by atoms with E-state index in [0.29, 0.717) is 0 Å². The molecule has 2 aliphatic heterocycles. The van der Waals surface area contributed by atoms with Crippen LogP contribution in [-0.4, -0.2) is 41.5 Å². The number of fused-ring (bicyclic) bond motifs is 1. The minimum Gasteiger partial charge on any atom is -0.453 e. The molecule has 2 atom stereocenters. The SMILES string of the molecule is Brc1ccc(CN2CCN3CCC[C@H]3[C@H]2C2CCCCC2)o1. The first-order valence-corrected chi connectivity index (χ1v) is 9.83. The minimum atomic E-state index is 0.750. The second-order valence-corrected chi connectivity index (χ2v) is 8.09. The molecule has 0 unspecified atom stereocenters. The molecule has 0 spiro atoms. The number of rotatable bonds is 3. The molecule has 4 rings (SSSR count). The van der Waals surface area contributed by atoms with Crippen molar-refractivity contribution < 1.29 is 4.42 Å². The second-order valence-electron chi connectivity index (χ2n) is 7.31. The van der Waals surface area contributed by atoms with E-state index in [4.69, 9.17) is 4.42 Å². The Bertz CT molecular complexity index is 497. The normalized spacial score (nSPS) is 31.5. The van der Waals surface area contributed by atoms with Gasteiger partial charge in [0.15, 0.2) is 4.67 Å². The van der Waals surface area contributed by atoms with Crippen LogP contribution in [-0.2, 0) is 6.54 Å². The van der Waals surface area contributed by atoms with E-state index in [1.807, 2.05) is 6.07 Å². The van der Waals surface area contributed by atoms with Crippen LogP contribution in [0, 0.1) is 5.92 Å². The summed E-state index contributed by atoms with van der Waals surface area (Å²) < 4.78 is 6.65. The summed E-state index contributed by atoms with van der Waals surface area (Å²) in [4.78, 5) is 5.52. The molecule has 0 amide bonds. The van der Waals surface area contributed by atoms with Crippen molar-refractivity contribution in [2.24, 2.45) is 5.92 Å². The monoisotopic (exact) mass is 366 g/mol. The lowest BCUT2D eigenvalue weighted by Crippen LogP contribution is -2.59. The van der Waals surface area contributed by atoms with Gasteiger partial charge < -0.3 is 4.42 Å². The zero-order valence-electron chi connectivity index (χ0n) is 13.3. The van der Waals surface area contributed by atoms with Crippen molar-refractivity contribution in [3.05, 3.63) is 22.6 Å². The molecule has 4 heteroatoms. The molecule has 3 heterocycles. The molecule has 3 aliphatic rings. The molecule has 1 aromatic rings. The molecule has 0 aromatic carbocycles. The van der Waals surface area contributed by atoms with Crippen LogP contribution in [0.2, 0.25) is 0 Å². The standard InChI is InChI=1S/C18H27BrN2O/c19-17-9-8-15(22-17)13-21-12-11-20-10-4-7-16(20)18(21)14-5-2-1-3-6-14/h8-9,14,16,18H,1-7,10-13H2/t16-,18+/m0/s1. The van der Waals surface area contributed by atoms with Crippen LogP contribution in [0.15, 0.2) is 21.2 Å². The molecule has 22 heavy (non-hydrogen) atoms. The highest BCUT2D eigenvalue weighted by Crippen LogP contribution is 2.38. The third-order valence-corrected chi connectivity index (χ3v) is 6.45. The van der Waals surface area contributed by atoms with E-state index in [2.05, 4.69) is 31.8 Å². The average Bonchev–Trinajstić information content (AvgIpc) is 3.17. The van der Waals surface area contributed by atoms with E-state index >= 15 is 0 Å². The van der Waals surface area contributed by atoms with Crippen molar-refractivity contribution in [3.8, 4) is 0 Å². The van der Waals surface area contributed by atoms with Gasteiger partial charge in [-0.15, -0.1) is 0 Å². The Morgan fingerprint density at radius 2 is 1.86 bits per heavy atom. The second kappa shape index (κ2) is 6.66. The van der Waals surface area contributed by atoms with Crippen molar-refractivity contribution in [2.75, 3.05) is 19.6 Å². The van der Waals surface area contributed by atoms with Crippen molar-refractivity contribution in [1.82, 2.24) is 9.80 Å². The smallest absolute Gasteiger partial charge is 0.169 e. The molecule has 1 aliphatic carbocycles. The van der Waals surface area contributed by atoms with Crippen molar-refractivity contribution in [1.29, 1.82) is 0 Å². The van der Waals surface area contributed by atoms with Crippen LogP contribution < -0.4 is 0 Å². The van der Waals surface area contributed by atoms with Crippen molar-refractivity contribution in [3.63, 3.8) is 0 Å². The molecule has 0 bridgehead atoms. The Hall–Kier alpha value is -0.320. The molecule has 1 saturated carbocycles. The van der Waals surface area contributed by atoms with E-state index in [0.717, 1.165) is 35.0 Å². The van der Waals surface area contributed by atoms with Crippen molar-refractivity contribution >= 4 is 15.9 Å². The van der Waals surface area contributed by atoms with Crippen LogP contribution in [0.3, 0.4) is 0 Å². The molecule has 122 valence electrons.